The highest BCUT2D eigenvalue weighted by Crippen LogP contribution is 2.35. The standard InChI is InChI=1S/C10H8F3IO/c1-5-3-7(14)4-8(6(2)15)9(5)10(11,12)13/h3-4H,1-2H3. The van der Waals surface area contributed by atoms with Gasteiger partial charge in [-0.05, 0) is 54.1 Å². The molecular weight excluding hydrogens is 320 g/mol. The van der Waals surface area contributed by atoms with Crippen LogP contribution < -0.4 is 0 Å². The summed E-state index contributed by atoms with van der Waals surface area (Å²) in [5, 5.41) is 0. The van der Waals surface area contributed by atoms with Gasteiger partial charge < -0.3 is 0 Å². The summed E-state index contributed by atoms with van der Waals surface area (Å²) in [6, 6.07) is 2.68. The molecule has 1 nitrogen and oxygen atoms in total. The Morgan fingerprint density at radius 1 is 1.33 bits per heavy atom. The molecule has 0 saturated carbocycles. The summed E-state index contributed by atoms with van der Waals surface area (Å²) in [6.45, 7) is 2.50. The van der Waals surface area contributed by atoms with Crippen molar-refractivity contribution in [1.82, 2.24) is 0 Å². The van der Waals surface area contributed by atoms with Crippen LogP contribution in [-0.4, -0.2) is 5.78 Å². The van der Waals surface area contributed by atoms with Crippen molar-refractivity contribution >= 4 is 28.4 Å². The molecule has 0 aliphatic heterocycles. The number of carbonyl (C=O) groups is 1. The summed E-state index contributed by atoms with van der Waals surface area (Å²) >= 11 is 1.89. The number of halogens is 4. The number of hydrogen-bond donors (Lipinski definition) is 0. The van der Waals surface area contributed by atoms with Crippen LogP contribution in [0.3, 0.4) is 0 Å². The minimum Gasteiger partial charge on any atom is -0.294 e. The summed E-state index contributed by atoms with van der Waals surface area (Å²) in [6.07, 6.45) is -4.48. The highest BCUT2D eigenvalue weighted by molar-refractivity contribution is 14.1. The zero-order valence-corrected chi connectivity index (χ0v) is 10.2. The lowest BCUT2D eigenvalue weighted by molar-refractivity contribution is -0.138. The third kappa shape index (κ3) is 2.70. The quantitative estimate of drug-likeness (QED) is 0.566. The lowest BCUT2D eigenvalue weighted by Crippen LogP contribution is -2.14. The van der Waals surface area contributed by atoms with E-state index in [4.69, 9.17) is 0 Å². The molecule has 0 fully saturated rings. The van der Waals surface area contributed by atoms with Crippen LogP contribution in [0.2, 0.25) is 0 Å². The Hall–Kier alpha value is -0.590. The van der Waals surface area contributed by atoms with Crippen LogP contribution in [0, 0.1) is 10.5 Å². The SMILES string of the molecule is CC(=O)c1cc(I)cc(C)c1C(F)(F)F. The van der Waals surface area contributed by atoms with Crippen molar-refractivity contribution in [3.63, 3.8) is 0 Å². The van der Waals surface area contributed by atoms with Gasteiger partial charge in [0.15, 0.2) is 5.78 Å². The van der Waals surface area contributed by atoms with Crippen LogP contribution in [0.25, 0.3) is 0 Å². The third-order valence-corrected chi connectivity index (χ3v) is 2.59. The van der Waals surface area contributed by atoms with E-state index in [1.807, 2.05) is 22.6 Å². The molecule has 0 heterocycles. The maximum atomic E-state index is 12.6. The van der Waals surface area contributed by atoms with E-state index in [1.54, 1.807) is 0 Å². The van der Waals surface area contributed by atoms with Gasteiger partial charge >= 0.3 is 6.18 Å². The van der Waals surface area contributed by atoms with Crippen molar-refractivity contribution in [1.29, 1.82) is 0 Å². The van der Waals surface area contributed by atoms with E-state index < -0.39 is 17.5 Å². The first kappa shape index (κ1) is 12.5. The number of benzene rings is 1. The molecule has 1 aromatic rings. The Labute approximate surface area is 98.8 Å². The first-order valence-corrected chi connectivity index (χ1v) is 5.19. The van der Waals surface area contributed by atoms with Crippen LogP contribution in [0.1, 0.15) is 28.4 Å². The molecule has 0 radical (unpaired) electrons. The predicted octanol–water partition coefficient (Wildman–Crippen LogP) is 3.82. The van der Waals surface area contributed by atoms with Crippen LogP contribution in [0.4, 0.5) is 13.2 Å². The van der Waals surface area contributed by atoms with Gasteiger partial charge in [0.25, 0.3) is 0 Å². The molecule has 0 atom stereocenters. The molecule has 0 amide bonds. The van der Waals surface area contributed by atoms with Crippen molar-refractivity contribution < 1.29 is 18.0 Å². The van der Waals surface area contributed by atoms with Gasteiger partial charge in [0.1, 0.15) is 0 Å². The number of rotatable bonds is 1. The second-order valence-corrected chi connectivity index (χ2v) is 4.44. The number of ketones is 1. The molecule has 0 aromatic heterocycles. The van der Waals surface area contributed by atoms with Crippen molar-refractivity contribution in [3.8, 4) is 0 Å². The Morgan fingerprint density at radius 3 is 2.27 bits per heavy atom. The predicted molar refractivity (Wildman–Crippen MR) is 58.9 cm³/mol. The molecule has 0 saturated heterocycles. The Morgan fingerprint density at radius 2 is 1.87 bits per heavy atom. The number of carbonyl (C=O) groups excluding carboxylic acids is 1. The van der Waals surface area contributed by atoms with E-state index in [2.05, 4.69) is 0 Å². The van der Waals surface area contributed by atoms with E-state index in [0.29, 0.717) is 3.57 Å². The highest BCUT2D eigenvalue weighted by atomic mass is 127. The third-order valence-electron chi connectivity index (χ3n) is 1.96. The van der Waals surface area contributed by atoms with Crippen LogP contribution in [-0.2, 0) is 6.18 Å². The summed E-state index contributed by atoms with van der Waals surface area (Å²) in [7, 11) is 0. The van der Waals surface area contributed by atoms with Crippen molar-refractivity contribution in [2.75, 3.05) is 0 Å². The van der Waals surface area contributed by atoms with E-state index in [9.17, 15) is 18.0 Å². The van der Waals surface area contributed by atoms with Crippen LogP contribution in [0.15, 0.2) is 12.1 Å². The molecule has 82 valence electrons. The summed E-state index contributed by atoms with van der Waals surface area (Å²) < 4.78 is 38.6. The monoisotopic (exact) mass is 328 g/mol. The van der Waals surface area contributed by atoms with E-state index in [0.717, 1.165) is 6.92 Å². The Bertz CT molecular complexity index is 410. The molecule has 1 rings (SSSR count). The van der Waals surface area contributed by atoms with E-state index in [1.165, 1.54) is 19.1 Å². The van der Waals surface area contributed by atoms with Gasteiger partial charge in [0.2, 0.25) is 0 Å². The fraction of sp³-hybridized carbons (Fsp3) is 0.300. The first-order chi connectivity index (χ1) is 6.73. The minimum absolute atomic E-state index is 0.0830. The molecule has 15 heavy (non-hydrogen) atoms. The van der Waals surface area contributed by atoms with Crippen molar-refractivity contribution in [3.05, 3.63) is 32.4 Å². The molecule has 5 heteroatoms. The van der Waals surface area contributed by atoms with Gasteiger partial charge in [0.05, 0.1) is 5.56 Å². The van der Waals surface area contributed by atoms with Gasteiger partial charge in [-0.25, -0.2) is 0 Å². The molecule has 0 aliphatic carbocycles. The lowest BCUT2D eigenvalue weighted by Gasteiger charge is -2.14. The fourth-order valence-corrected chi connectivity index (χ4v) is 2.18. The van der Waals surface area contributed by atoms with Gasteiger partial charge in [-0.1, -0.05) is 0 Å². The lowest BCUT2D eigenvalue weighted by atomic mass is 9.99. The molecular formula is C10H8F3IO. The molecule has 0 unspecified atom stereocenters. The molecule has 0 aliphatic rings. The van der Waals surface area contributed by atoms with Gasteiger partial charge in [-0.2, -0.15) is 13.2 Å². The zero-order valence-electron chi connectivity index (χ0n) is 8.07. The second kappa shape index (κ2) is 4.11. The maximum absolute atomic E-state index is 12.6. The summed E-state index contributed by atoms with van der Waals surface area (Å²) in [5.41, 5.74) is -0.998. The maximum Gasteiger partial charge on any atom is 0.417 e. The second-order valence-electron chi connectivity index (χ2n) is 3.20. The molecule has 0 bridgehead atoms. The van der Waals surface area contributed by atoms with E-state index in [-0.39, 0.29) is 11.1 Å². The zero-order chi connectivity index (χ0) is 11.8. The van der Waals surface area contributed by atoms with Crippen molar-refractivity contribution in [2.45, 2.75) is 20.0 Å². The normalized spacial score (nSPS) is 11.6. The fourth-order valence-electron chi connectivity index (χ4n) is 1.40. The van der Waals surface area contributed by atoms with Crippen molar-refractivity contribution in [2.24, 2.45) is 0 Å². The Balaban J connectivity index is 3.55. The summed E-state index contributed by atoms with van der Waals surface area (Å²) in [5.74, 6) is -0.566. The number of hydrogen-bond acceptors (Lipinski definition) is 1. The number of alkyl halides is 3. The average Bonchev–Trinajstić information content (AvgIpc) is 1.99. The molecule has 1 aromatic carbocycles. The molecule has 0 N–H and O–H groups in total. The van der Waals surface area contributed by atoms with Gasteiger partial charge in [0, 0.05) is 9.13 Å². The molecule has 0 spiro atoms. The van der Waals surface area contributed by atoms with Gasteiger partial charge in [-0.3, -0.25) is 4.79 Å². The average molecular weight is 328 g/mol. The Kier molecular flexibility index (Phi) is 3.42. The van der Waals surface area contributed by atoms with E-state index >= 15 is 0 Å². The number of aryl methyl sites for hydroxylation is 1. The highest BCUT2D eigenvalue weighted by Gasteiger charge is 2.36. The topological polar surface area (TPSA) is 17.1 Å². The van der Waals surface area contributed by atoms with Gasteiger partial charge in [-0.15, -0.1) is 0 Å². The first-order valence-electron chi connectivity index (χ1n) is 4.11. The van der Waals surface area contributed by atoms with Crippen LogP contribution >= 0.6 is 22.6 Å². The summed E-state index contributed by atoms with van der Waals surface area (Å²) in [4.78, 5) is 11.1. The largest absolute Gasteiger partial charge is 0.417 e. The smallest absolute Gasteiger partial charge is 0.294 e. The minimum atomic E-state index is -4.48. The van der Waals surface area contributed by atoms with Crippen LogP contribution in [0.5, 0.6) is 0 Å². The number of Topliss-reactive ketones (excluding diaryl/α,β-unsaturated/α-hetero) is 1.